The Morgan fingerprint density at radius 2 is 2.07 bits per heavy atom. The molecule has 3 heteroatoms. The van der Waals surface area contributed by atoms with Gasteiger partial charge in [0.15, 0.2) is 5.78 Å². The number of alkyl halides is 2. The summed E-state index contributed by atoms with van der Waals surface area (Å²) < 4.78 is 25.8. The van der Waals surface area contributed by atoms with Crippen LogP contribution in [0.4, 0.5) is 8.78 Å². The monoisotopic (exact) mass is 210 g/mol. The van der Waals surface area contributed by atoms with Gasteiger partial charge < -0.3 is 0 Å². The topological polar surface area (TPSA) is 17.1 Å². The Hall–Kier alpha value is -1.25. The van der Waals surface area contributed by atoms with Crippen molar-refractivity contribution in [1.82, 2.24) is 0 Å². The van der Waals surface area contributed by atoms with E-state index in [1.54, 1.807) is 31.2 Å². The van der Waals surface area contributed by atoms with Crippen molar-refractivity contribution < 1.29 is 13.6 Å². The van der Waals surface area contributed by atoms with Gasteiger partial charge in [-0.1, -0.05) is 31.2 Å². The molecule has 80 valence electrons. The molecule has 15 heavy (non-hydrogen) atoms. The molecule has 0 N–H and O–H groups in total. The summed E-state index contributed by atoms with van der Waals surface area (Å²) >= 11 is 0. The van der Waals surface area contributed by atoms with E-state index >= 15 is 0 Å². The number of halogens is 2. The summed E-state index contributed by atoms with van der Waals surface area (Å²) in [6.07, 6.45) is 0.232. The summed E-state index contributed by atoms with van der Waals surface area (Å²) in [6, 6.07) is 6.69. The van der Waals surface area contributed by atoms with Crippen molar-refractivity contribution >= 4 is 5.78 Å². The first-order valence-corrected chi connectivity index (χ1v) is 5.06. The molecule has 0 saturated heterocycles. The maximum Gasteiger partial charge on any atom is 0.255 e. The van der Waals surface area contributed by atoms with E-state index in [1.165, 1.54) is 0 Å². The molecule has 0 radical (unpaired) electrons. The lowest BCUT2D eigenvalue weighted by atomic mass is 9.98. The zero-order chi connectivity index (χ0) is 11.1. The van der Waals surface area contributed by atoms with Gasteiger partial charge in [-0.2, -0.15) is 0 Å². The molecular formula is C12H12F2O. The highest BCUT2D eigenvalue weighted by Crippen LogP contribution is 2.56. The highest BCUT2D eigenvalue weighted by molar-refractivity contribution is 5.97. The second-order valence-electron chi connectivity index (χ2n) is 3.88. The van der Waals surface area contributed by atoms with Crippen molar-refractivity contribution in [2.45, 2.75) is 31.6 Å². The zero-order valence-corrected chi connectivity index (χ0v) is 8.47. The number of hydrogen-bond donors (Lipinski definition) is 0. The molecule has 0 heterocycles. The minimum atomic E-state index is -2.61. The third-order valence-electron chi connectivity index (χ3n) is 2.78. The van der Waals surface area contributed by atoms with Gasteiger partial charge in [-0.15, -0.1) is 0 Å². The molecule has 1 nitrogen and oxygen atoms in total. The quantitative estimate of drug-likeness (QED) is 0.699. The maximum absolute atomic E-state index is 12.9. The van der Waals surface area contributed by atoms with Gasteiger partial charge in [0.2, 0.25) is 0 Å². The molecule has 1 aromatic rings. The van der Waals surface area contributed by atoms with E-state index in [0.717, 1.165) is 0 Å². The molecule has 1 aliphatic carbocycles. The molecule has 1 unspecified atom stereocenters. The van der Waals surface area contributed by atoms with Crippen LogP contribution in [0.25, 0.3) is 0 Å². The average molecular weight is 210 g/mol. The molecule has 1 aliphatic rings. The van der Waals surface area contributed by atoms with E-state index in [2.05, 4.69) is 0 Å². The van der Waals surface area contributed by atoms with Gasteiger partial charge in [0, 0.05) is 18.4 Å². The fourth-order valence-electron chi connectivity index (χ4n) is 1.80. The van der Waals surface area contributed by atoms with E-state index in [-0.39, 0.29) is 12.2 Å². The fourth-order valence-corrected chi connectivity index (χ4v) is 1.80. The first-order valence-electron chi connectivity index (χ1n) is 5.06. The standard InChI is InChI=1S/C12H12F2O/c1-2-11(15)9-6-4-3-5-8(9)10-7-12(10,13)14/h3-6,10H,2,7H2,1H3. The zero-order valence-electron chi connectivity index (χ0n) is 8.47. The molecular weight excluding hydrogens is 198 g/mol. The van der Waals surface area contributed by atoms with Crippen LogP contribution in [0.2, 0.25) is 0 Å². The van der Waals surface area contributed by atoms with Gasteiger partial charge in [0.25, 0.3) is 5.92 Å². The van der Waals surface area contributed by atoms with Gasteiger partial charge >= 0.3 is 0 Å². The second-order valence-corrected chi connectivity index (χ2v) is 3.88. The second kappa shape index (κ2) is 3.40. The Bertz CT molecular complexity index is 398. The lowest BCUT2D eigenvalue weighted by Gasteiger charge is -2.06. The molecule has 1 aromatic carbocycles. The highest BCUT2D eigenvalue weighted by atomic mass is 19.3. The summed E-state index contributed by atoms with van der Waals surface area (Å²) in [5, 5.41) is 0. The van der Waals surface area contributed by atoms with Crippen LogP contribution >= 0.6 is 0 Å². The summed E-state index contributed by atoms with van der Waals surface area (Å²) in [6.45, 7) is 1.74. The number of ketones is 1. The highest BCUT2D eigenvalue weighted by Gasteiger charge is 2.58. The fraction of sp³-hybridized carbons (Fsp3) is 0.417. The van der Waals surface area contributed by atoms with E-state index in [0.29, 0.717) is 17.5 Å². The Labute approximate surface area is 87.1 Å². The Morgan fingerprint density at radius 1 is 1.47 bits per heavy atom. The molecule has 0 spiro atoms. The summed E-state index contributed by atoms with van der Waals surface area (Å²) in [7, 11) is 0. The van der Waals surface area contributed by atoms with Crippen LogP contribution in [0.15, 0.2) is 24.3 Å². The van der Waals surface area contributed by atoms with Crippen molar-refractivity contribution in [1.29, 1.82) is 0 Å². The molecule has 1 atom stereocenters. The van der Waals surface area contributed by atoms with Crippen molar-refractivity contribution in [2.75, 3.05) is 0 Å². The lowest BCUT2D eigenvalue weighted by molar-refractivity contribution is 0.0984. The van der Waals surface area contributed by atoms with Crippen LogP contribution in [-0.2, 0) is 0 Å². The number of rotatable bonds is 3. The molecule has 0 amide bonds. The molecule has 0 aromatic heterocycles. The van der Waals surface area contributed by atoms with Crippen LogP contribution in [0, 0.1) is 0 Å². The maximum atomic E-state index is 12.9. The van der Waals surface area contributed by atoms with Crippen LogP contribution in [0.3, 0.4) is 0 Å². The molecule has 0 aliphatic heterocycles. The van der Waals surface area contributed by atoms with E-state index < -0.39 is 11.8 Å². The van der Waals surface area contributed by atoms with Gasteiger partial charge in [-0.3, -0.25) is 4.79 Å². The number of carbonyl (C=O) groups excluding carboxylic acids is 1. The van der Waals surface area contributed by atoms with Crippen molar-refractivity contribution in [2.24, 2.45) is 0 Å². The number of carbonyl (C=O) groups is 1. The summed E-state index contributed by atoms with van der Waals surface area (Å²) in [5.74, 6) is -3.41. The Kier molecular flexibility index (Phi) is 2.33. The summed E-state index contributed by atoms with van der Waals surface area (Å²) in [5.41, 5.74) is 0.969. The SMILES string of the molecule is CCC(=O)c1ccccc1C1CC1(F)F. The van der Waals surface area contributed by atoms with Crippen LogP contribution in [-0.4, -0.2) is 11.7 Å². The average Bonchev–Trinajstić information content (AvgIpc) is 2.86. The van der Waals surface area contributed by atoms with Crippen LogP contribution < -0.4 is 0 Å². The van der Waals surface area contributed by atoms with Crippen LogP contribution in [0.1, 0.15) is 41.6 Å². The Morgan fingerprint density at radius 3 is 2.60 bits per heavy atom. The minimum absolute atomic E-state index is 0.0618. The first-order chi connectivity index (χ1) is 7.06. The minimum Gasteiger partial charge on any atom is -0.294 e. The number of hydrogen-bond acceptors (Lipinski definition) is 1. The van der Waals surface area contributed by atoms with Gasteiger partial charge in [0.1, 0.15) is 0 Å². The largest absolute Gasteiger partial charge is 0.294 e. The summed E-state index contributed by atoms with van der Waals surface area (Å²) in [4.78, 5) is 11.5. The van der Waals surface area contributed by atoms with Gasteiger partial charge in [0.05, 0.1) is 5.92 Å². The van der Waals surface area contributed by atoms with Crippen molar-refractivity contribution in [3.63, 3.8) is 0 Å². The molecule has 2 rings (SSSR count). The van der Waals surface area contributed by atoms with E-state index in [4.69, 9.17) is 0 Å². The third kappa shape index (κ3) is 1.78. The predicted octanol–water partition coefficient (Wildman–Crippen LogP) is 3.40. The third-order valence-corrected chi connectivity index (χ3v) is 2.78. The molecule has 0 bridgehead atoms. The van der Waals surface area contributed by atoms with Crippen molar-refractivity contribution in [3.8, 4) is 0 Å². The van der Waals surface area contributed by atoms with Gasteiger partial charge in [-0.25, -0.2) is 8.78 Å². The molecule has 1 saturated carbocycles. The van der Waals surface area contributed by atoms with Gasteiger partial charge in [-0.05, 0) is 5.56 Å². The smallest absolute Gasteiger partial charge is 0.255 e. The normalized spacial score (nSPS) is 22.5. The molecule has 1 fully saturated rings. The van der Waals surface area contributed by atoms with E-state index in [9.17, 15) is 13.6 Å². The van der Waals surface area contributed by atoms with Crippen LogP contribution in [0.5, 0.6) is 0 Å². The first kappa shape index (κ1) is 10.3. The lowest BCUT2D eigenvalue weighted by Crippen LogP contribution is -2.03. The van der Waals surface area contributed by atoms with Crippen molar-refractivity contribution in [3.05, 3.63) is 35.4 Å². The number of Topliss-reactive ketones (excluding diaryl/α,β-unsaturated/α-hetero) is 1. The number of benzene rings is 1. The van der Waals surface area contributed by atoms with E-state index in [1.807, 2.05) is 0 Å². The predicted molar refractivity (Wildman–Crippen MR) is 53.4 cm³/mol. The Balaban J connectivity index is 2.36.